The van der Waals surface area contributed by atoms with Crippen LogP contribution < -0.4 is 10.5 Å². The number of hydrogen-bond donors (Lipinski definition) is 1. The van der Waals surface area contributed by atoms with Gasteiger partial charge >= 0.3 is 0 Å². The molecule has 1 aromatic rings. The average Bonchev–Trinajstić information content (AvgIpc) is 2.73. The van der Waals surface area contributed by atoms with Gasteiger partial charge in [-0.25, -0.2) is 0 Å². The fraction of sp³-hybridized carbons (Fsp3) is 0.500. The molecule has 3 rings (SSSR count). The number of carbonyl (C=O) groups excluding carboxylic acids is 2. The number of methoxy groups -OCH3 is 1. The summed E-state index contributed by atoms with van der Waals surface area (Å²) in [6.07, 6.45) is 10.5. The maximum Gasteiger partial charge on any atom is 0.258 e. The highest BCUT2D eigenvalue weighted by Crippen LogP contribution is 2.45. The predicted octanol–water partition coefficient (Wildman–Crippen LogP) is 4.30. The number of nitrogens with zero attached hydrogens (tertiary/aromatic N) is 1. The molecule has 0 radical (unpaired) electrons. The monoisotopic (exact) mass is 396 g/mol. The van der Waals surface area contributed by atoms with Crippen molar-refractivity contribution < 1.29 is 14.3 Å². The van der Waals surface area contributed by atoms with Gasteiger partial charge in [0.25, 0.3) is 5.91 Å². The smallest absolute Gasteiger partial charge is 0.258 e. The van der Waals surface area contributed by atoms with Crippen molar-refractivity contribution in [2.75, 3.05) is 7.11 Å². The standard InChI is InChI=1S/C24H32N2O3/c1-4-17(11-14-23(25)27)21-15-16(2)26(22-8-6-5-7-20(21)22)24(28)18-9-12-19(29-3)13-10-18/h5-6,8-10,12-13,16-17,20-21H,4,7,11,14-15H2,1-3H3,(H2,25,27). The van der Waals surface area contributed by atoms with Crippen LogP contribution in [0.25, 0.3) is 0 Å². The largest absolute Gasteiger partial charge is 0.497 e. The minimum atomic E-state index is -0.233. The third kappa shape index (κ3) is 4.55. The summed E-state index contributed by atoms with van der Waals surface area (Å²) in [6.45, 7) is 4.32. The number of nitrogens with two attached hydrogens (primary N) is 1. The number of amides is 2. The molecule has 5 nitrogen and oxygen atoms in total. The van der Waals surface area contributed by atoms with Crippen LogP contribution in [0.3, 0.4) is 0 Å². The van der Waals surface area contributed by atoms with Gasteiger partial charge in [-0.1, -0.05) is 25.5 Å². The molecule has 1 fully saturated rings. The van der Waals surface area contributed by atoms with Gasteiger partial charge in [0, 0.05) is 29.6 Å². The predicted molar refractivity (Wildman–Crippen MR) is 114 cm³/mol. The van der Waals surface area contributed by atoms with E-state index in [1.54, 1.807) is 7.11 Å². The Morgan fingerprint density at radius 1 is 1.28 bits per heavy atom. The van der Waals surface area contributed by atoms with Gasteiger partial charge in [-0.05, 0) is 68.4 Å². The fourth-order valence-corrected chi connectivity index (χ4v) is 4.97. The second-order valence-electron chi connectivity index (χ2n) is 8.19. The highest BCUT2D eigenvalue weighted by Gasteiger charge is 2.42. The first-order chi connectivity index (χ1) is 14.0. The molecule has 5 heteroatoms. The lowest BCUT2D eigenvalue weighted by atomic mass is 9.68. The van der Waals surface area contributed by atoms with Crippen LogP contribution in [0, 0.1) is 17.8 Å². The van der Waals surface area contributed by atoms with Crippen LogP contribution in [0.15, 0.2) is 48.2 Å². The molecule has 1 saturated heterocycles. The normalized spacial score (nSPS) is 24.4. The van der Waals surface area contributed by atoms with E-state index in [0.29, 0.717) is 29.7 Å². The van der Waals surface area contributed by atoms with Gasteiger partial charge in [0.1, 0.15) is 5.75 Å². The summed E-state index contributed by atoms with van der Waals surface area (Å²) in [5, 5.41) is 0. The van der Waals surface area contributed by atoms with E-state index in [9.17, 15) is 9.59 Å². The zero-order valence-electron chi connectivity index (χ0n) is 17.6. The summed E-state index contributed by atoms with van der Waals surface area (Å²) in [4.78, 5) is 26.7. The van der Waals surface area contributed by atoms with Crippen molar-refractivity contribution in [2.24, 2.45) is 23.5 Å². The second-order valence-corrected chi connectivity index (χ2v) is 8.19. The highest BCUT2D eigenvalue weighted by molar-refractivity contribution is 5.96. The Balaban J connectivity index is 1.86. The lowest BCUT2D eigenvalue weighted by molar-refractivity contribution is -0.118. The second kappa shape index (κ2) is 9.29. The van der Waals surface area contributed by atoms with Crippen LogP contribution in [0.1, 0.15) is 56.3 Å². The molecule has 29 heavy (non-hydrogen) atoms. The van der Waals surface area contributed by atoms with Gasteiger partial charge < -0.3 is 15.4 Å². The number of ether oxygens (including phenoxy) is 1. The molecule has 1 aliphatic heterocycles. The molecule has 1 aliphatic carbocycles. The van der Waals surface area contributed by atoms with Crippen molar-refractivity contribution in [3.63, 3.8) is 0 Å². The van der Waals surface area contributed by atoms with Crippen LogP contribution in [0.4, 0.5) is 0 Å². The van der Waals surface area contributed by atoms with Crippen molar-refractivity contribution in [1.29, 1.82) is 0 Å². The lowest BCUT2D eigenvalue weighted by Crippen LogP contribution is -2.49. The van der Waals surface area contributed by atoms with E-state index in [-0.39, 0.29) is 17.9 Å². The minimum absolute atomic E-state index is 0.0373. The molecule has 2 aliphatic rings. The first-order valence-electron chi connectivity index (χ1n) is 10.6. The lowest BCUT2D eigenvalue weighted by Gasteiger charge is -2.48. The number of allylic oxidation sites excluding steroid dienone is 4. The quantitative estimate of drug-likeness (QED) is 0.747. The number of benzene rings is 1. The van der Waals surface area contributed by atoms with Gasteiger partial charge in [-0.2, -0.15) is 0 Å². The van der Waals surface area contributed by atoms with Gasteiger partial charge in [-0.15, -0.1) is 0 Å². The van der Waals surface area contributed by atoms with Crippen molar-refractivity contribution >= 4 is 11.8 Å². The number of primary amides is 1. The van der Waals surface area contributed by atoms with Crippen molar-refractivity contribution in [2.45, 2.75) is 52.0 Å². The molecule has 1 heterocycles. The molecular weight excluding hydrogens is 364 g/mol. The molecule has 0 bridgehead atoms. The summed E-state index contributed by atoms with van der Waals surface area (Å²) in [5.41, 5.74) is 7.19. The van der Waals surface area contributed by atoms with Crippen molar-refractivity contribution in [1.82, 2.24) is 4.90 Å². The number of carbonyl (C=O) groups is 2. The number of fused-ring (bicyclic) bond motifs is 1. The van der Waals surface area contributed by atoms with E-state index in [1.165, 1.54) is 0 Å². The van der Waals surface area contributed by atoms with E-state index in [1.807, 2.05) is 29.2 Å². The van der Waals surface area contributed by atoms with E-state index in [0.717, 1.165) is 37.1 Å². The average molecular weight is 397 g/mol. The topological polar surface area (TPSA) is 72.6 Å². The summed E-state index contributed by atoms with van der Waals surface area (Å²) in [7, 11) is 1.62. The third-order valence-electron chi connectivity index (χ3n) is 6.47. The van der Waals surface area contributed by atoms with Gasteiger partial charge in [0.05, 0.1) is 7.11 Å². The molecule has 4 unspecified atom stereocenters. The number of piperidine rings is 1. The first kappa shape index (κ1) is 21.2. The zero-order chi connectivity index (χ0) is 21.0. The summed E-state index contributed by atoms with van der Waals surface area (Å²) in [6, 6.07) is 7.42. The summed E-state index contributed by atoms with van der Waals surface area (Å²) >= 11 is 0. The Labute approximate surface area is 173 Å². The van der Waals surface area contributed by atoms with E-state index in [4.69, 9.17) is 10.5 Å². The Morgan fingerprint density at radius 2 is 2.00 bits per heavy atom. The molecule has 4 atom stereocenters. The Bertz CT molecular complexity index is 797. The maximum absolute atomic E-state index is 13.4. The highest BCUT2D eigenvalue weighted by atomic mass is 16.5. The molecule has 2 N–H and O–H groups in total. The summed E-state index contributed by atoms with van der Waals surface area (Å²) in [5.74, 6) is 1.73. The zero-order valence-corrected chi connectivity index (χ0v) is 17.6. The minimum Gasteiger partial charge on any atom is -0.497 e. The molecular formula is C24H32N2O3. The maximum atomic E-state index is 13.4. The van der Waals surface area contributed by atoms with Crippen LogP contribution in [0.2, 0.25) is 0 Å². The van der Waals surface area contributed by atoms with Gasteiger partial charge in [0.2, 0.25) is 5.91 Å². The molecule has 156 valence electrons. The van der Waals surface area contributed by atoms with E-state index in [2.05, 4.69) is 32.1 Å². The number of likely N-dealkylation sites (tertiary alicyclic amines) is 1. The number of hydrogen-bond acceptors (Lipinski definition) is 3. The molecule has 2 amide bonds. The van der Waals surface area contributed by atoms with Gasteiger partial charge in [-0.3, -0.25) is 9.59 Å². The van der Waals surface area contributed by atoms with Crippen LogP contribution in [0.5, 0.6) is 5.75 Å². The molecule has 0 saturated carbocycles. The van der Waals surface area contributed by atoms with Crippen LogP contribution in [-0.2, 0) is 4.79 Å². The molecule has 0 spiro atoms. The summed E-state index contributed by atoms with van der Waals surface area (Å²) < 4.78 is 5.22. The Hall–Kier alpha value is -2.56. The molecule has 1 aromatic carbocycles. The fourth-order valence-electron chi connectivity index (χ4n) is 4.97. The van der Waals surface area contributed by atoms with Crippen LogP contribution >= 0.6 is 0 Å². The van der Waals surface area contributed by atoms with E-state index >= 15 is 0 Å². The van der Waals surface area contributed by atoms with E-state index < -0.39 is 0 Å². The Morgan fingerprint density at radius 3 is 2.62 bits per heavy atom. The van der Waals surface area contributed by atoms with Crippen molar-refractivity contribution in [3.8, 4) is 5.75 Å². The Kier molecular flexibility index (Phi) is 6.78. The third-order valence-corrected chi connectivity index (χ3v) is 6.47. The SMILES string of the molecule is CCC(CCC(N)=O)C1CC(C)N(C(=O)c2ccc(OC)cc2)C2=CC=CCC21. The van der Waals surface area contributed by atoms with Gasteiger partial charge in [0.15, 0.2) is 0 Å². The first-order valence-corrected chi connectivity index (χ1v) is 10.6. The van der Waals surface area contributed by atoms with Crippen molar-refractivity contribution in [3.05, 3.63) is 53.8 Å². The molecule has 0 aromatic heterocycles. The number of rotatable bonds is 7. The van der Waals surface area contributed by atoms with Crippen LogP contribution in [-0.4, -0.2) is 29.9 Å².